The first-order valence-electron chi connectivity index (χ1n) is 6.38. The van der Waals surface area contributed by atoms with Gasteiger partial charge in [-0.05, 0) is 18.6 Å². The Bertz CT molecular complexity index is 710. The molecule has 0 bridgehead atoms. The number of pyridine rings is 1. The van der Waals surface area contributed by atoms with Crippen LogP contribution in [0.1, 0.15) is 33.6 Å². The Morgan fingerprint density at radius 3 is 2.67 bits per heavy atom. The van der Waals surface area contributed by atoms with E-state index in [2.05, 4.69) is 15.1 Å². The molecule has 0 atom stereocenters. The minimum atomic E-state index is -0.116. The Labute approximate surface area is 131 Å². The van der Waals surface area contributed by atoms with E-state index in [4.69, 9.17) is 27.7 Å². The third-order valence-electron chi connectivity index (χ3n) is 3.49. The van der Waals surface area contributed by atoms with Crippen LogP contribution in [-0.4, -0.2) is 39.0 Å². The summed E-state index contributed by atoms with van der Waals surface area (Å²) in [7, 11) is 0. The first-order valence-corrected chi connectivity index (χ1v) is 7.13. The molecule has 0 aliphatic carbocycles. The molecular weight excluding hydrogens is 315 g/mol. The van der Waals surface area contributed by atoms with E-state index >= 15 is 0 Å². The van der Waals surface area contributed by atoms with Gasteiger partial charge in [0, 0.05) is 25.6 Å². The lowest BCUT2D eigenvalue weighted by Gasteiger charge is -2.37. The molecular formula is C13H12Cl2N4O2. The largest absolute Gasteiger partial charge is 0.340 e. The number of aryl methyl sites for hydroxylation is 1. The second-order valence-electron chi connectivity index (χ2n) is 4.99. The lowest BCUT2D eigenvalue weighted by atomic mass is 9.97. The highest BCUT2D eigenvalue weighted by atomic mass is 35.5. The zero-order chi connectivity index (χ0) is 15.1. The Hall–Kier alpha value is -1.66. The summed E-state index contributed by atoms with van der Waals surface area (Å²) >= 11 is 11.8. The molecule has 3 heterocycles. The first kappa shape index (κ1) is 14.3. The zero-order valence-corrected chi connectivity index (χ0v) is 12.9. The van der Waals surface area contributed by atoms with Crippen LogP contribution >= 0.6 is 23.2 Å². The van der Waals surface area contributed by atoms with Crippen molar-refractivity contribution in [3.05, 3.63) is 39.2 Å². The molecule has 0 N–H and O–H groups in total. The number of hydrogen-bond acceptors (Lipinski definition) is 5. The van der Waals surface area contributed by atoms with Gasteiger partial charge in [0.05, 0.1) is 5.92 Å². The van der Waals surface area contributed by atoms with Crippen LogP contribution in [0.2, 0.25) is 10.3 Å². The van der Waals surface area contributed by atoms with Crippen molar-refractivity contribution in [2.45, 2.75) is 19.8 Å². The van der Waals surface area contributed by atoms with E-state index in [1.165, 1.54) is 6.07 Å². The Balaban J connectivity index is 1.74. The van der Waals surface area contributed by atoms with Gasteiger partial charge in [0.2, 0.25) is 5.89 Å². The van der Waals surface area contributed by atoms with Crippen molar-refractivity contribution in [1.29, 1.82) is 0 Å². The monoisotopic (exact) mass is 326 g/mol. The van der Waals surface area contributed by atoms with Crippen molar-refractivity contribution < 1.29 is 9.32 Å². The van der Waals surface area contributed by atoms with Crippen molar-refractivity contribution in [2.75, 3.05) is 13.1 Å². The summed E-state index contributed by atoms with van der Waals surface area (Å²) in [6.45, 7) is 4.59. The minimum Gasteiger partial charge on any atom is -0.340 e. The molecule has 1 aliphatic rings. The quantitative estimate of drug-likeness (QED) is 0.793. The fourth-order valence-corrected chi connectivity index (χ4v) is 2.66. The number of aromatic nitrogens is 3. The molecule has 1 saturated heterocycles. The van der Waals surface area contributed by atoms with E-state index in [0.29, 0.717) is 35.9 Å². The van der Waals surface area contributed by atoms with Crippen molar-refractivity contribution >= 4 is 29.1 Å². The van der Waals surface area contributed by atoms with Crippen LogP contribution in [0, 0.1) is 13.8 Å². The second kappa shape index (κ2) is 5.27. The highest BCUT2D eigenvalue weighted by Gasteiger charge is 2.36. The van der Waals surface area contributed by atoms with Crippen molar-refractivity contribution in [3.8, 4) is 0 Å². The summed E-state index contributed by atoms with van der Waals surface area (Å²) in [5.74, 6) is 1.16. The van der Waals surface area contributed by atoms with Crippen LogP contribution in [0.4, 0.5) is 0 Å². The van der Waals surface area contributed by atoms with E-state index in [-0.39, 0.29) is 22.1 Å². The first-order chi connectivity index (χ1) is 9.95. The van der Waals surface area contributed by atoms with E-state index in [9.17, 15) is 4.79 Å². The Morgan fingerprint density at radius 1 is 1.33 bits per heavy atom. The van der Waals surface area contributed by atoms with Crippen LogP contribution < -0.4 is 0 Å². The van der Waals surface area contributed by atoms with Gasteiger partial charge in [0.15, 0.2) is 5.82 Å². The van der Waals surface area contributed by atoms with E-state index in [1.54, 1.807) is 18.7 Å². The summed E-state index contributed by atoms with van der Waals surface area (Å²) in [4.78, 5) is 22.2. The minimum absolute atomic E-state index is 0.111. The van der Waals surface area contributed by atoms with E-state index in [0.717, 1.165) is 0 Å². The molecule has 0 radical (unpaired) electrons. The SMILES string of the molecule is Cc1nc(C2CN(C(=O)c3cc(Cl)nc(Cl)c3C)C2)no1. The molecule has 1 fully saturated rings. The molecule has 2 aromatic rings. The predicted molar refractivity (Wildman–Crippen MR) is 76.7 cm³/mol. The molecule has 0 unspecified atom stereocenters. The summed E-state index contributed by atoms with van der Waals surface area (Å²) in [6.07, 6.45) is 0. The summed E-state index contributed by atoms with van der Waals surface area (Å²) in [5, 5.41) is 4.33. The predicted octanol–water partition coefficient (Wildman–Crippen LogP) is 2.63. The Kier molecular flexibility index (Phi) is 3.59. The van der Waals surface area contributed by atoms with Crippen LogP contribution in [0.5, 0.6) is 0 Å². The number of hydrogen-bond donors (Lipinski definition) is 0. The maximum Gasteiger partial charge on any atom is 0.254 e. The lowest BCUT2D eigenvalue weighted by molar-refractivity contribution is 0.0591. The normalized spacial score (nSPS) is 15.1. The molecule has 1 aliphatic heterocycles. The second-order valence-corrected chi connectivity index (χ2v) is 5.73. The van der Waals surface area contributed by atoms with Gasteiger partial charge in [-0.2, -0.15) is 4.98 Å². The highest BCUT2D eigenvalue weighted by molar-refractivity contribution is 6.33. The number of nitrogens with zero attached hydrogens (tertiary/aromatic N) is 4. The number of rotatable bonds is 2. The molecule has 8 heteroatoms. The Morgan fingerprint density at radius 2 is 2.05 bits per heavy atom. The van der Waals surface area contributed by atoms with Crippen LogP contribution in [0.3, 0.4) is 0 Å². The standard InChI is InChI=1S/C13H12Cl2N4O2/c1-6-9(3-10(14)17-11(6)15)13(20)19-4-8(5-19)12-16-7(2)21-18-12/h3,8H,4-5H2,1-2H3. The van der Waals surface area contributed by atoms with Gasteiger partial charge in [0.1, 0.15) is 10.3 Å². The molecule has 2 aromatic heterocycles. The third-order valence-corrected chi connectivity index (χ3v) is 4.05. The molecule has 0 spiro atoms. The van der Waals surface area contributed by atoms with Gasteiger partial charge in [-0.3, -0.25) is 4.79 Å². The van der Waals surface area contributed by atoms with Crippen molar-refractivity contribution in [3.63, 3.8) is 0 Å². The number of halogens is 2. The molecule has 1 amide bonds. The topological polar surface area (TPSA) is 72.1 Å². The third kappa shape index (κ3) is 2.61. The molecule has 3 rings (SSSR count). The smallest absolute Gasteiger partial charge is 0.254 e. The number of carbonyl (C=O) groups is 1. The lowest BCUT2D eigenvalue weighted by Crippen LogP contribution is -2.49. The van der Waals surface area contributed by atoms with Gasteiger partial charge in [-0.15, -0.1) is 0 Å². The van der Waals surface area contributed by atoms with Gasteiger partial charge in [-0.1, -0.05) is 28.4 Å². The van der Waals surface area contributed by atoms with Crippen LogP contribution in [0.15, 0.2) is 10.6 Å². The van der Waals surface area contributed by atoms with Gasteiger partial charge in [-0.25, -0.2) is 4.98 Å². The maximum absolute atomic E-state index is 12.5. The summed E-state index contributed by atoms with van der Waals surface area (Å²) in [5.41, 5.74) is 1.10. The molecule has 21 heavy (non-hydrogen) atoms. The molecule has 0 saturated carbocycles. The number of amides is 1. The average molecular weight is 327 g/mol. The molecule has 0 aromatic carbocycles. The molecule has 6 nitrogen and oxygen atoms in total. The van der Waals surface area contributed by atoms with E-state index in [1.807, 2.05) is 0 Å². The summed E-state index contributed by atoms with van der Waals surface area (Å²) < 4.78 is 4.94. The van der Waals surface area contributed by atoms with Crippen molar-refractivity contribution in [2.24, 2.45) is 0 Å². The van der Waals surface area contributed by atoms with Crippen LogP contribution in [-0.2, 0) is 0 Å². The van der Waals surface area contributed by atoms with E-state index < -0.39 is 0 Å². The fraction of sp³-hybridized carbons (Fsp3) is 0.385. The average Bonchev–Trinajstić information content (AvgIpc) is 2.78. The zero-order valence-electron chi connectivity index (χ0n) is 11.4. The number of carbonyl (C=O) groups excluding carboxylic acids is 1. The summed E-state index contributed by atoms with van der Waals surface area (Å²) in [6, 6.07) is 1.54. The van der Waals surface area contributed by atoms with Crippen LogP contribution in [0.25, 0.3) is 0 Å². The highest BCUT2D eigenvalue weighted by Crippen LogP contribution is 2.29. The van der Waals surface area contributed by atoms with Gasteiger partial charge >= 0.3 is 0 Å². The van der Waals surface area contributed by atoms with Gasteiger partial charge < -0.3 is 9.42 Å². The maximum atomic E-state index is 12.5. The fourth-order valence-electron chi connectivity index (χ4n) is 2.23. The number of likely N-dealkylation sites (tertiary alicyclic amines) is 1. The molecule has 110 valence electrons. The van der Waals surface area contributed by atoms with Crippen molar-refractivity contribution in [1.82, 2.24) is 20.0 Å². The van der Waals surface area contributed by atoms with Gasteiger partial charge in [0.25, 0.3) is 5.91 Å².